The van der Waals surface area contributed by atoms with Gasteiger partial charge in [-0.15, -0.1) is 10.2 Å². The van der Waals surface area contributed by atoms with E-state index in [1.807, 2.05) is 30.3 Å². The Morgan fingerprint density at radius 3 is 2.54 bits per heavy atom. The molecule has 3 aromatic rings. The standard InChI is InChI=1S/C21H21N3O3S/c1-15-2-4-16(5-3-15)18-7-9-20(23-22-18)28-14-17-6-8-19(27-17)21(25)24-10-12-26-13-11-24/h2-9H,10-14H2,1H3. The van der Waals surface area contributed by atoms with Crippen LogP contribution in [0, 0.1) is 6.92 Å². The number of thioether (sulfide) groups is 1. The van der Waals surface area contributed by atoms with E-state index in [1.54, 1.807) is 11.0 Å². The van der Waals surface area contributed by atoms with Crippen molar-refractivity contribution in [1.29, 1.82) is 0 Å². The molecule has 0 spiro atoms. The fourth-order valence-corrected chi connectivity index (χ4v) is 3.62. The molecular weight excluding hydrogens is 374 g/mol. The number of hydrogen-bond donors (Lipinski definition) is 0. The molecule has 144 valence electrons. The lowest BCUT2D eigenvalue weighted by Gasteiger charge is -2.25. The summed E-state index contributed by atoms with van der Waals surface area (Å²) in [6, 6.07) is 15.7. The van der Waals surface area contributed by atoms with Crippen molar-refractivity contribution >= 4 is 17.7 Å². The number of amides is 1. The van der Waals surface area contributed by atoms with Crippen LogP contribution >= 0.6 is 11.8 Å². The summed E-state index contributed by atoms with van der Waals surface area (Å²) < 4.78 is 11.0. The maximum Gasteiger partial charge on any atom is 0.289 e. The third-order valence-corrected chi connectivity index (χ3v) is 5.46. The molecule has 0 radical (unpaired) electrons. The van der Waals surface area contributed by atoms with Crippen LogP contribution in [-0.2, 0) is 10.5 Å². The Hall–Kier alpha value is -2.64. The summed E-state index contributed by atoms with van der Waals surface area (Å²) in [6.45, 7) is 4.42. The van der Waals surface area contributed by atoms with E-state index in [9.17, 15) is 4.79 Å². The molecule has 0 N–H and O–H groups in total. The normalized spacial score (nSPS) is 14.2. The SMILES string of the molecule is Cc1ccc(-c2ccc(SCc3ccc(C(=O)N4CCOCC4)o3)nn2)cc1. The van der Waals surface area contributed by atoms with Gasteiger partial charge in [-0.05, 0) is 31.2 Å². The monoisotopic (exact) mass is 395 g/mol. The van der Waals surface area contributed by atoms with Crippen molar-refractivity contribution in [2.45, 2.75) is 17.7 Å². The van der Waals surface area contributed by atoms with E-state index < -0.39 is 0 Å². The quantitative estimate of drug-likeness (QED) is 0.612. The number of furan rings is 1. The van der Waals surface area contributed by atoms with Gasteiger partial charge in [0.25, 0.3) is 5.91 Å². The van der Waals surface area contributed by atoms with Gasteiger partial charge in [0.1, 0.15) is 10.8 Å². The molecule has 4 rings (SSSR count). The van der Waals surface area contributed by atoms with Gasteiger partial charge in [-0.25, -0.2) is 0 Å². The zero-order chi connectivity index (χ0) is 19.3. The van der Waals surface area contributed by atoms with Crippen molar-refractivity contribution in [3.63, 3.8) is 0 Å². The summed E-state index contributed by atoms with van der Waals surface area (Å²) in [5.41, 5.74) is 3.11. The van der Waals surface area contributed by atoms with Crippen LogP contribution in [0.1, 0.15) is 21.9 Å². The first kappa shape index (κ1) is 18.7. The molecule has 1 amide bonds. The topological polar surface area (TPSA) is 68.5 Å². The zero-order valence-corrected chi connectivity index (χ0v) is 16.4. The Bertz CT molecular complexity index is 932. The summed E-state index contributed by atoms with van der Waals surface area (Å²) in [6.07, 6.45) is 0. The van der Waals surface area contributed by atoms with Crippen LogP contribution in [0.5, 0.6) is 0 Å². The molecule has 6 nitrogen and oxygen atoms in total. The molecule has 0 aliphatic carbocycles. The predicted molar refractivity (Wildman–Crippen MR) is 107 cm³/mol. The lowest BCUT2D eigenvalue weighted by molar-refractivity contribution is 0.0282. The molecule has 0 atom stereocenters. The molecule has 1 saturated heterocycles. The number of benzene rings is 1. The van der Waals surface area contributed by atoms with E-state index in [0.717, 1.165) is 22.0 Å². The van der Waals surface area contributed by atoms with Crippen LogP contribution in [-0.4, -0.2) is 47.3 Å². The first-order valence-electron chi connectivity index (χ1n) is 9.18. The first-order valence-corrected chi connectivity index (χ1v) is 10.2. The number of rotatable bonds is 5. The number of carbonyl (C=O) groups excluding carboxylic acids is 1. The number of morpholine rings is 1. The van der Waals surface area contributed by atoms with E-state index in [-0.39, 0.29) is 5.91 Å². The van der Waals surface area contributed by atoms with Gasteiger partial charge >= 0.3 is 0 Å². The highest BCUT2D eigenvalue weighted by molar-refractivity contribution is 7.98. The molecule has 0 unspecified atom stereocenters. The third kappa shape index (κ3) is 4.43. The second-order valence-corrected chi connectivity index (χ2v) is 7.58. The Morgan fingerprint density at radius 1 is 1.04 bits per heavy atom. The maximum absolute atomic E-state index is 12.4. The van der Waals surface area contributed by atoms with E-state index >= 15 is 0 Å². The maximum atomic E-state index is 12.4. The largest absolute Gasteiger partial charge is 0.455 e. The second kappa shape index (κ2) is 8.58. The molecular formula is C21H21N3O3S. The highest BCUT2D eigenvalue weighted by Gasteiger charge is 2.21. The summed E-state index contributed by atoms with van der Waals surface area (Å²) >= 11 is 1.53. The molecule has 0 bridgehead atoms. The minimum atomic E-state index is -0.0817. The number of ether oxygens (including phenoxy) is 1. The van der Waals surface area contributed by atoms with Crippen molar-refractivity contribution in [2.75, 3.05) is 26.3 Å². The van der Waals surface area contributed by atoms with Gasteiger partial charge in [0.2, 0.25) is 0 Å². The Balaban J connectivity index is 1.35. The van der Waals surface area contributed by atoms with Crippen molar-refractivity contribution in [3.05, 3.63) is 65.6 Å². The van der Waals surface area contributed by atoms with Crippen molar-refractivity contribution in [1.82, 2.24) is 15.1 Å². The summed E-state index contributed by atoms with van der Waals surface area (Å²) in [7, 11) is 0. The van der Waals surface area contributed by atoms with E-state index in [1.165, 1.54) is 17.3 Å². The van der Waals surface area contributed by atoms with Crippen LogP contribution in [0.3, 0.4) is 0 Å². The van der Waals surface area contributed by atoms with Crippen molar-refractivity contribution in [2.24, 2.45) is 0 Å². The molecule has 0 saturated carbocycles. The molecule has 7 heteroatoms. The van der Waals surface area contributed by atoms with Crippen LogP contribution < -0.4 is 0 Å². The average molecular weight is 395 g/mol. The van der Waals surface area contributed by atoms with Gasteiger partial charge < -0.3 is 14.1 Å². The number of carbonyl (C=O) groups is 1. The third-order valence-electron chi connectivity index (χ3n) is 4.52. The molecule has 1 aliphatic rings. The highest BCUT2D eigenvalue weighted by Crippen LogP contribution is 2.24. The average Bonchev–Trinajstić information content (AvgIpc) is 3.22. The van der Waals surface area contributed by atoms with Gasteiger partial charge in [0, 0.05) is 18.7 Å². The molecule has 1 aromatic carbocycles. The lowest BCUT2D eigenvalue weighted by Crippen LogP contribution is -2.40. The van der Waals surface area contributed by atoms with Crippen LogP contribution in [0.25, 0.3) is 11.3 Å². The molecule has 2 aromatic heterocycles. The fraction of sp³-hybridized carbons (Fsp3) is 0.286. The molecule has 3 heterocycles. The Labute approximate surface area is 167 Å². The van der Waals surface area contributed by atoms with E-state index in [0.29, 0.717) is 37.8 Å². The summed E-state index contributed by atoms with van der Waals surface area (Å²) in [5, 5.41) is 9.41. The number of hydrogen-bond acceptors (Lipinski definition) is 6. The fourth-order valence-electron chi connectivity index (χ4n) is 2.91. The van der Waals surface area contributed by atoms with Crippen LogP contribution in [0.2, 0.25) is 0 Å². The highest BCUT2D eigenvalue weighted by atomic mass is 32.2. The van der Waals surface area contributed by atoms with Crippen molar-refractivity contribution in [3.8, 4) is 11.3 Å². The molecule has 1 fully saturated rings. The van der Waals surface area contributed by atoms with Gasteiger partial charge in [-0.1, -0.05) is 41.6 Å². The Kier molecular flexibility index (Phi) is 5.73. The number of nitrogens with zero attached hydrogens (tertiary/aromatic N) is 3. The van der Waals surface area contributed by atoms with Crippen LogP contribution in [0.15, 0.2) is 58.0 Å². The van der Waals surface area contributed by atoms with Crippen LogP contribution in [0.4, 0.5) is 0 Å². The van der Waals surface area contributed by atoms with Gasteiger partial charge in [-0.2, -0.15) is 0 Å². The van der Waals surface area contributed by atoms with Gasteiger partial charge in [0.15, 0.2) is 5.76 Å². The van der Waals surface area contributed by atoms with Gasteiger partial charge in [0.05, 0.1) is 24.7 Å². The predicted octanol–water partition coefficient (Wildman–Crippen LogP) is 3.81. The smallest absolute Gasteiger partial charge is 0.289 e. The molecule has 28 heavy (non-hydrogen) atoms. The van der Waals surface area contributed by atoms with Gasteiger partial charge in [-0.3, -0.25) is 4.79 Å². The Morgan fingerprint density at radius 2 is 1.82 bits per heavy atom. The van der Waals surface area contributed by atoms with E-state index in [2.05, 4.69) is 29.3 Å². The summed E-state index contributed by atoms with van der Waals surface area (Å²) in [5.74, 6) is 1.63. The lowest BCUT2D eigenvalue weighted by atomic mass is 10.1. The number of aryl methyl sites for hydroxylation is 1. The second-order valence-electron chi connectivity index (χ2n) is 6.58. The minimum Gasteiger partial charge on any atom is -0.455 e. The van der Waals surface area contributed by atoms with E-state index in [4.69, 9.17) is 9.15 Å². The minimum absolute atomic E-state index is 0.0817. The van der Waals surface area contributed by atoms with Crippen molar-refractivity contribution < 1.29 is 13.9 Å². The first-order chi connectivity index (χ1) is 13.7. The number of aromatic nitrogens is 2. The zero-order valence-electron chi connectivity index (χ0n) is 15.6. The molecule has 1 aliphatic heterocycles. The summed E-state index contributed by atoms with van der Waals surface area (Å²) in [4.78, 5) is 14.2.